The lowest BCUT2D eigenvalue weighted by Gasteiger charge is -2.35. The van der Waals surface area contributed by atoms with Crippen molar-refractivity contribution in [2.45, 2.75) is 25.1 Å². The number of nitrogens with one attached hydrogen (secondary N) is 1. The molecule has 0 radical (unpaired) electrons. The molecule has 132 valence electrons. The minimum absolute atomic E-state index is 0. The molecule has 0 saturated carbocycles. The predicted octanol–water partition coefficient (Wildman–Crippen LogP) is 4.38. The molecule has 1 heterocycles. The Kier molecular flexibility index (Phi) is 7.51. The molecule has 1 aliphatic rings. The van der Waals surface area contributed by atoms with E-state index in [2.05, 4.69) is 5.32 Å². The van der Waals surface area contributed by atoms with Crippen LogP contribution in [0, 0.1) is 0 Å². The summed E-state index contributed by atoms with van der Waals surface area (Å²) in [5.41, 5.74) is -0.730. The van der Waals surface area contributed by atoms with E-state index < -0.39 is 30.6 Å². The molecule has 0 spiro atoms. The first-order valence-corrected chi connectivity index (χ1v) is 7.26. The molecule has 1 aliphatic heterocycles. The molecule has 23 heavy (non-hydrogen) atoms. The van der Waals surface area contributed by atoms with Crippen LogP contribution in [0.2, 0.25) is 5.02 Å². The van der Waals surface area contributed by atoms with Crippen molar-refractivity contribution in [2.75, 3.05) is 26.2 Å². The molecular formula is C14H17Cl2F5N2. The number of alkyl halides is 5. The third-order valence-corrected chi connectivity index (χ3v) is 3.84. The molecule has 0 amide bonds. The fourth-order valence-electron chi connectivity index (χ4n) is 2.63. The van der Waals surface area contributed by atoms with Crippen LogP contribution in [0.1, 0.15) is 23.6 Å². The van der Waals surface area contributed by atoms with Crippen molar-refractivity contribution in [3.8, 4) is 0 Å². The van der Waals surface area contributed by atoms with Crippen molar-refractivity contribution < 1.29 is 22.0 Å². The van der Waals surface area contributed by atoms with E-state index in [1.807, 2.05) is 0 Å². The number of nitrogens with zero attached hydrogens (tertiary/aromatic N) is 1. The van der Waals surface area contributed by atoms with Crippen molar-refractivity contribution in [1.29, 1.82) is 0 Å². The highest BCUT2D eigenvalue weighted by molar-refractivity contribution is 6.30. The molecule has 9 heteroatoms. The Morgan fingerprint density at radius 1 is 1.13 bits per heavy atom. The second-order valence-electron chi connectivity index (χ2n) is 5.20. The maximum absolute atomic E-state index is 12.9. The fourth-order valence-corrected chi connectivity index (χ4v) is 2.87. The van der Waals surface area contributed by atoms with Crippen LogP contribution < -0.4 is 5.32 Å². The normalized spacial score (nSPS) is 17.9. The van der Waals surface area contributed by atoms with Gasteiger partial charge < -0.3 is 5.32 Å². The van der Waals surface area contributed by atoms with Crippen LogP contribution in [0.25, 0.3) is 0 Å². The third kappa shape index (κ3) is 5.74. The van der Waals surface area contributed by atoms with E-state index in [-0.39, 0.29) is 23.0 Å². The van der Waals surface area contributed by atoms with Gasteiger partial charge in [0.05, 0.1) is 5.56 Å². The van der Waals surface area contributed by atoms with Crippen LogP contribution in [0.4, 0.5) is 22.0 Å². The predicted molar refractivity (Wildman–Crippen MR) is 81.5 cm³/mol. The van der Waals surface area contributed by atoms with Crippen molar-refractivity contribution in [1.82, 2.24) is 10.2 Å². The van der Waals surface area contributed by atoms with E-state index in [1.165, 1.54) is 6.07 Å². The van der Waals surface area contributed by atoms with Gasteiger partial charge in [0.15, 0.2) is 0 Å². The van der Waals surface area contributed by atoms with Gasteiger partial charge in [-0.1, -0.05) is 11.6 Å². The lowest BCUT2D eigenvalue weighted by molar-refractivity contribution is -0.137. The first-order valence-electron chi connectivity index (χ1n) is 6.88. The van der Waals surface area contributed by atoms with Gasteiger partial charge in [-0.25, -0.2) is 8.78 Å². The van der Waals surface area contributed by atoms with Gasteiger partial charge in [-0.15, -0.1) is 12.4 Å². The molecule has 2 nitrogen and oxygen atoms in total. The molecule has 1 N–H and O–H groups in total. The number of hydrogen-bond donors (Lipinski definition) is 1. The van der Waals surface area contributed by atoms with Gasteiger partial charge in [0.25, 0.3) is 0 Å². The highest BCUT2D eigenvalue weighted by Gasteiger charge is 2.33. The average molecular weight is 379 g/mol. The van der Waals surface area contributed by atoms with Crippen LogP contribution >= 0.6 is 24.0 Å². The van der Waals surface area contributed by atoms with Gasteiger partial charge in [-0.05, 0) is 23.8 Å². The number of rotatable bonds is 4. The van der Waals surface area contributed by atoms with Crippen molar-refractivity contribution in [2.24, 2.45) is 0 Å². The summed E-state index contributed by atoms with van der Waals surface area (Å²) in [5.74, 6) is 0. The molecule has 1 saturated heterocycles. The maximum atomic E-state index is 12.9. The molecule has 0 aromatic heterocycles. The van der Waals surface area contributed by atoms with Crippen LogP contribution in [0.15, 0.2) is 18.2 Å². The number of benzene rings is 1. The zero-order chi connectivity index (χ0) is 16.3. The van der Waals surface area contributed by atoms with Crippen LogP contribution in [0.5, 0.6) is 0 Å². The molecule has 1 atom stereocenters. The zero-order valence-corrected chi connectivity index (χ0v) is 13.6. The van der Waals surface area contributed by atoms with E-state index in [1.54, 1.807) is 4.90 Å². The molecule has 2 rings (SSSR count). The molecule has 1 fully saturated rings. The van der Waals surface area contributed by atoms with E-state index >= 15 is 0 Å². The monoisotopic (exact) mass is 378 g/mol. The minimum Gasteiger partial charge on any atom is -0.314 e. The van der Waals surface area contributed by atoms with Crippen LogP contribution in [0.3, 0.4) is 0 Å². The summed E-state index contributed by atoms with van der Waals surface area (Å²) in [6.07, 6.45) is -7.68. The summed E-state index contributed by atoms with van der Waals surface area (Å²) >= 11 is 5.76. The van der Waals surface area contributed by atoms with Crippen molar-refractivity contribution in [3.05, 3.63) is 34.3 Å². The summed E-state index contributed by atoms with van der Waals surface area (Å²) in [6.45, 7) is 2.25. The number of hydrogen-bond acceptors (Lipinski definition) is 2. The van der Waals surface area contributed by atoms with E-state index in [9.17, 15) is 22.0 Å². The molecule has 0 aliphatic carbocycles. The SMILES string of the molecule is Cl.FC(F)C[C@H](c1cc(Cl)cc(C(F)(F)F)c1)N1CCNCC1. The molecule has 1 aromatic carbocycles. The first kappa shape index (κ1) is 20.4. The minimum atomic E-state index is -4.56. The number of halogens is 7. The Labute approximate surface area is 142 Å². The summed E-state index contributed by atoms with van der Waals surface area (Å²) < 4.78 is 64.4. The lowest BCUT2D eigenvalue weighted by atomic mass is 9.99. The number of piperazine rings is 1. The van der Waals surface area contributed by atoms with Gasteiger partial charge >= 0.3 is 6.18 Å². The third-order valence-electron chi connectivity index (χ3n) is 3.63. The lowest BCUT2D eigenvalue weighted by Crippen LogP contribution is -2.45. The summed E-state index contributed by atoms with van der Waals surface area (Å²) in [5, 5.41) is 2.99. The molecule has 0 unspecified atom stereocenters. The van der Waals surface area contributed by atoms with Gasteiger partial charge in [-0.3, -0.25) is 4.90 Å². The highest BCUT2D eigenvalue weighted by Crippen LogP contribution is 2.36. The largest absolute Gasteiger partial charge is 0.416 e. The summed E-state index contributed by atoms with van der Waals surface area (Å²) in [7, 11) is 0. The highest BCUT2D eigenvalue weighted by atomic mass is 35.5. The fraction of sp³-hybridized carbons (Fsp3) is 0.571. The van der Waals surface area contributed by atoms with E-state index in [0.717, 1.165) is 12.1 Å². The molecule has 1 aromatic rings. The van der Waals surface area contributed by atoms with Crippen molar-refractivity contribution >= 4 is 24.0 Å². The van der Waals surface area contributed by atoms with Gasteiger partial charge in [0.2, 0.25) is 6.43 Å². The van der Waals surface area contributed by atoms with Crippen LogP contribution in [-0.2, 0) is 6.18 Å². The van der Waals surface area contributed by atoms with E-state index in [0.29, 0.717) is 26.2 Å². The Balaban J connectivity index is 0.00000264. The van der Waals surface area contributed by atoms with Gasteiger partial charge in [0.1, 0.15) is 0 Å². The second-order valence-corrected chi connectivity index (χ2v) is 5.64. The Morgan fingerprint density at radius 3 is 2.26 bits per heavy atom. The smallest absolute Gasteiger partial charge is 0.314 e. The van der Waals surface area contributed by atoms with Crippen molar-refractivity contribution in [3.63, 3.8) is 0 Å². The zero-order valence-electron chi connectivity index (χ0n) is 12.0. The Bertz CT molecular complexity index is 504. The average Bonchev–Trinajstić information content (AvgIpc) is 2.44. The maximum Gasteiger partial charge on any atom is 0.416 e. The Morgan fingerprint density at radius 2 is 1.74 bits per heavy atom. The van der Waals surface area contributed by atoms with Crippen LogP contribution in [-0.4, -0.2) is 37.5 Å². The van der Waals surface area contributed by atoms with Gasteiger partial charge in [0, 0.05) is 43.7 Å². The quantitative estimate of drug-likeness (QED) is 0.782. The van der Waals surface area contributed by atoms with Gasteiger partial charge in [-0.2, -0.15) is 13.2 Å². The molecular weight excluding hydrogens is 362 g/mol. The molecule has 0 bridgehead atoms. The standard InChI is InChI=1S/C14H16ClF5N2.ClH/c15-11-6-9(5-10(7-11)14(18,19)20)12(8-13(16)17)22-3-1-21-2-4-22;/h5-7,12-13,21H,1-4,8H2;1H/t12-;/m1./s1. The topological polar surface area (TPSA) is 15.3 Å². The second kappa shape index (κ2) is 8.46. The Hall–Kier alpha value is -0.630. The first-order chi connectivity index (χ1) is 10.3. The summed E-state index contributed by atoms with van der Waals surface area (Å²) in [6, 6.07) is 2.29. The summed E-state index contributed by atoms with van der Waals surface area (Å²) in [4.78, 5) is 1.77. The van der Waals surface area contributed by atoms with E-state index in [4.69, 9.17) is 11.6 Å².